The van der Waals surface area contributed by atoms with Crippen molar-refractivity contribution in [3.05, 3.63) is 0 Å². The highest BCUT2D eigenvalue weighted by atomic mass is 32.1. The third kappa shape index (κ3) is 4.02. The molecule has 1 aliphatic heterocycles. The van der Waals surface area contributed by atoms with Crippen LogP contribution in [0.5, 0.6) is 0 Å². The molecule has 0 aromatic carbocycles. The molecule has 0 spiro atoms. The van der Waals surface area contributed by atoms with Crippen LogP contribution in [0.4, 0.5) is 0 Å². The lowest BCUT2D eigenvalue weighted by Crippen LogP contribution is -2.40. The highest BCUT2D eigenvalue weighted by molar-refractivity contribution is 7.80. The first-order chi connectivity index (χ1) is 6.22. The smallest absolute Gasteiger partial charge is 0.0870 e. The van der Waals surface area contributed by atoms with E-state index in [4.69, 9.17) is 23.1 Å². The Balaban J connectivity index is 2.28. The molecule has 1 fully saturated rings. The monoisotopic (exact) mass is 202 g/mol. The van der Waals surface area contributed by atoms with Crippen LogP contribution in [0.3, 0.4) is 0 Å². The van der Waals surface area contributed by atoms with Crippen molar-refractivity contribution in [3.8, 4) is 0 Å². The van der Waals surface area contributed by atoms with E-state index < -0.39 is 0 Å². The molecule has 0 saturated carbocycles. The largest absolute Gasteiger partial charge is 0.396 e. The Labute approximate surface area is 84.9 Å². The summed E-state index contributed by atoms with van der Waals surface area (Å²) in [4.78, 5) is 2.86. The molecule has 0 aromatic heterocycles. The normalized spacial score (nSPS) is 24.5. The van der Waals surface area contributed by atoms with E-state index in [1.807, 2.05) is 0 Å². The van der Waals surface area contributed by atoms with E-state index in [9.17, 15) is 0 Å². The second-order valence-electron chi connectivity index (χ2n) is 3.72. The number of likely N-dealkylation sites (tertiary alicyclic amines) is 1. The molecule has 1 unspecified atom stereocenters. The van der Waals surface area contributed by atoms with E-state index in [-0.39, 0.29) is 0 Å². The average molecular weight is 202 g/mol. The second kappa shape index (κ2) is 5.52. The Hall–Kier alpha value is -0.190. The Kier molecular flexibility index (Phi) is 4.62. The van der Waals surface area contributed by atoms with Gasteiger partial charge in [-0.15, -0.1) is 0 Å². The summed E-state index contributed by atoms with van der Waals surface area (Å²) in [7, 11) is 0. The molecule has 1 heterocycles. The first kappa shape index (κ1) is 10.9. The van der Waals surface area contributed by atoms with Crippen molar-refractivity contribution >= 4 is 17.2 Å². The third-order valence-electron chi connectivity index (χ3n) is 2.52. The van der Waals surface area contributed by atoms with Crippen LogP contribution in [-0.4, -0.2) is 41.2 Å². The molecule has 1 atom stereocenters. The van der Waals surface area contributed by atoms with E-state index in [2.05, 4.69) is 4.90 Å². The topological polar surface area (TPSA) is 49.5 Å². The molecule has 0 bridgehead atoms. The Bertz CT molecular complexity index is 173. The summed E-state index contributed by atoms with van der Waals surface area (Å²) in [5, 5.41) is 8.82. The maximum Gasteiger partial charge on any atom is 0.0870 e. The molecule has 3 nitrogen and oxygen atoms in total. The molecule has 76 valence electrons. The van der Waals surface area contributed by atoms with Crippen molar-refractivity contribution in [1.82, 2.24) is 4.90 Å². The highest BCUT2D eigenvalue weighted by Crippen LogP contribution is 2.18. The molecule has 1 rings (SSSR count). The lowest BCUT2D eigenvalue weighted by Gasteiger charge is -2.31. The minimum absolute atomic E-state index is 0.297. The van der Waals surface area contributed by atoms with E-state index in [1.165, 1.54) is 12.8 Å². The molecule has 0 amide bonds. The predicted octanol–water partition coefficient (Wildman–Crippen LogP) is 0.367. The van der Waals surface area contributed by atoms with Gasteiger partial charge in [0.05, 0.1) is 4.99 Å². The maximum atomic E-state index is 8.82. The Morgan fingerprint density at radius 1 is 1.62 bits per heavy atom. The number of aliphatic hydroxyl groups excluding tert-OH is 1. The number of nitrogens with zero attached hydrogens (tertiary/aromatic N) is 1. The summed E-state index contributed by atoms with van der Waals surface area (Å²) in [5.41, 5.74) is 5.48. The average Bonchev–Trinajstić information content (AvgIpc) is 2.04. The van der Waals surface area contributed by atoms with Crippen molar-refractivity contribution in [1.29, 1.82) is 0 Å². The fraction of sp³-hybridized carbons (Fsp3) is 0.889. The first-order valence-corrected chi connectivity index (χ1v) is 5.24. The van der Waals surface area contributed by atoms with Crippen LogP contribution in [0.1, 0.15) is 19.3 Å². The van der Waals surface area contributed by atoms with E-state index in [0.29, 0.717) is 17.5 Å². The summed E-state index contributed by atoms with van der Waals surface area (Å²) in [6, 6.07) is 0. The van der Waals surface area contributed by atoms with Crippen LogP contribution < -0.4 is 5.73 Å². The number of thiocarbonyl (C=S) groups is 1. The number of nitrogens with two attached hydrogens (primary N) is 1. The summed E-state index contributed by atoms with van der Waals surface area (Å²) in [6.45, 7) is 3.17. The van der Waals surface area contributed by atoms with Crippen molar-refractivity contribution in [2.75, 3.05) is 26.2 Å². The summed E-state index contributed by atoms with van der Waals surface area (Å²) < 4.78 is 0. The maximum absolute atomic E-state index is 8.82. The molecular formula is C9H18N2OS. The standard InChI is InChI=1S/C9H18N2OS/c10-9(13)7-11-4-1-2-8(6-11)3-5-12/h8,12H,1-7H2,(H2,10,13). The molecule has 4 heteroatoms. The number of rotatable bonds is 4. The minimum atomic E-state index is 0.297. The van der Waals surface area contributed by atoms with Gasteiger partial charge < -0.3 is 10.8 Å². The number of hydrogen-bond donors (Lipinski definition) is 2. The zero-order valence-corrected chi connectivity index (χ0v) is 8.72. The minimum Gasteiger partial charge on any atom is -0.396 e. The molecule has 0 radical (unpaired) electrons. The van der Waals surface area contributed by atoms with Crippen molar-refractivity contribution in [2.24, 2.45) is 11.7 Å². The van der Waals surface area contributed by atoms with Gasteiger partial charge in [0.1, 0.15) is 0 Å². The van der Waals surface area contributed by atoms with Gasteiger partial charge in [-0.3, -0.25) is 4.90 Å². The van der Waals surface area contributed by atoms with Gasteiger partial charge in [-0.2, -0.15) is 0 Å². The van der Waals surface area contributed by atoms with Crippen LogP contribution in [0.2, 0.25) is 0 Å². The van der Waals surface area contributed by atoms with Gasteiger partial charge in [0, 0.05) is 19.7 Å². The fourth-order valence-corrected chi connectivity index (χ4v) is 2.12. The first-order valence-electron chi connectivity index (χ1n) is 4.84. The molecule has 3 N–H and O–H groups in total. The van der Waals surface area contributed by atoms with Crippen LogP contribution in [0, 0.1) is 5.92 Å². The number of hydrogen-bond acceptors (Lipinski definition) is 3. The van der Waals surface area contributed by atoms with Gasteiger partial charge in [0.15, 0.2) is 0 Å². The fourth-order valence-electron chi connectivity index (χ4n) is 1.93. The lowest BCUT2D eigenvalue weighted by atomic mass is 9.95. The van der Waals surface area contributed by atoms with E-state index in [0.717, 1.165) is 26.1 Å². The van der Waals surface area contributed by atoms with Crippen molar-refractivity contribution in [3.63, 3.8) is 0 Å². The van der Waals surface area contributed by atoms with Crippen molar-refractivity contribution < 1.29 is 5.11 Å². The quantitative estimate of drug-likeness (QED) is 0.647. The summed E-state index contributed by atoms with van der Waals surface area (Å²) in [5.74, 6) is 0.632. The SMILES string of the molecule is NC(=S)CN1CCCC(CCO)C1. The zero-order valence-electron chi connectivity index (χ0n) is 7.91. The van der Waals surface area contributed by atoms with Crippen LogP contribution in [0.25, 0.3) is 0 Å². The van der Waals surface area contributed by atoms with Gasteiger partial charge >= 0.3 is 0 Å². The molecule has 0 aromatic rings. The third-order valence-corrected chi connectivity index (χ3v) is 2.65. The highest BCUT2D eigenvalue weighted by Gasteiger charge is 2.19. The van der Waals surface area contributed by atoms with Gasteiger partial charge in [-0.25, -0.2) is 0 Å². The van der Waals surface area contributed by atoms with E-state index >= 15 is 0 Å². The zero-order chi connectivity index (χ0) is 9.68. The summed E-state index contributed by atoms with van der Waals surface area (Å²) in [6.07, 6.45) is 3.34. The van der Waals surface area contributed by atoms with E-state index in [1.54, 1.807) is 0 Å². The number of aliphatic hydroxyl groups is 1. The molecular weight excluding hydrogens is 184 g/mol. The van der Waals surface area contributed by atoms with Gasteiger partial charge in [0.2, 0.25) is 0 Å². The van der Waals surface area contributed by atoms with Gasteiger partial charge in [0.25, 0.3) is 0 Å². The molecule has 1 aliphatic rings. The number of piperidine rings is 1. The van der Waals surface area contributed by atoms with Crippen LogP contribution >= 0.6 is 12.2 Å². The second-order valence-corrected chi connectivity index (χ2v) is 4.25. The molecule has 0 aliphatic carbocycles. The van der Waals surface area contributed by atoms with Crippen LogP contribution in [0.15, 0.2) is 0 Å². The lowest BCUT2D eigenvalue weighted by molar-refractivity contribution is 0.163. The predicted molar refractivity (Wildman–Crippen MR) is 57.7 cm³/mol. The molecule has 13 heavy (non-hydrogen) atoms. The van der Waals surface area contributed by atoms with Gasteiger partial charge in [-0.05, 0) is 31.7 Å². The Morgan fingerprint density at radius 2 is 2.38 bits per heavy atom. The van der Waals surface area contributed by atoms with Gasteiger partial charge in [-0.1, -0.05) is 12.2 Å². The molecule has 1 saturated heterocycles. The van der Waals surface area contributed by atoms with Crippen molar-refractivity contribution in [2.45, 2.75) is 19.3 Å². The Morgan fingerprint density at radius 3 is 3.00 bits per heavy atom. The van der Waals surface area contributed by atoms with Crippen LogP contribution in [-0.2, 0) is 0 Å². The summed E-state index contributed by atoms with van der Waals surface area (Å²) >= 11 is 4.87.